The van der Waals surface area contributed by atoms with Gasteiger partial charge in [-0.2, -0.15) is 0 Å². The third kappa shape index (κ3) is 2.74. The van der Waals surface area contributed by atoms with Gasteiger partial charge in [-0.05, 0) is 19.1 Å². The van der Waals surface area contributed by atoms with Crippen molar-refractivity contribution in [3.8, 4) is 5.75 Å². The first-order chi connectivity index (χ1) is 10.3. The first-order valence-electron chi connectivity index (χ1n) is 6.96. The van der Waals surface area contributed by atoms with Crippen LogP contribution in [0.15, 0.2) is 36.9 Å². The van der Waals surface area contributed by atoms with Gasteiger partial charge in [-0.1, -0.05) is 6.07 Å². The molecule has 0 unspecified atom stereocenters. The predicted molar refractivity (Wildman–Crippen MR) is 82.7 cm³/mol. The summed E-state index contributed by atoms with van der Waals surface area (Å²) in [6, 6.07) is 5.98. The molecule has 0 saturated heterocycles. The number of aryl methyl sites for hydroxylation is 2. The molecule has 3 rings (SSSR count). The van der Waals surface area contributed by atoms with Gasteiger partial charge in [0.25, 0.3) is 0 Å². The zero-order valence-corrected chi connectivity index (χ0v) is 12.6. The van der Waals surface area contributed by atoms with Gasteiger partial charge < -0.3 is 13.9 Å². The Hall–Kier alpha value is -2.01. The molecule has 21 heavy (non-hydrogen) atoms. The average molecular weight is 305 g/mol. The molecule has 2 aromatic heterocycles. The molecule has 0 spiro atoms. The normalized spacial score (nSPS) is 11.1. The Labute approximate surface area is 128 Å². The van der Waals surface area contributed by atoms with Gasteiger partial charge in [-0.3, -0.25) is 0 Å². The smallest absolute Gasteiger partial charge is 0.147 e. The van der Waals surface area contributed by atoms with Crippen molar-refractivity contribution in [1.29, 1.82) is 0 Å². The van der Waals surface area contributed by atoms with E-state index < -0.39 is 0 Å². The van der Waals surface area contributed by atoms with Crippen molar-refractivity contribution in [2.75, 3.05) is 6.61 Å². The number of rotatable bonds is 6. The van der Waals surface area contributed by atoms with Gasteiger partial charge in [0.05, 0.1) is 24.3 Å². The summed E-state index contributed by atoms with van der Waals surface area (Å²) in [5.41, 5.74) is 1.93. The van der Waals surface area contributed by atoms with Crippen LogP contribution in [0.2, 0.25) is 0 Å². The fraction of sp³-hybridized carbons (Fsp3) is 0.333. The van der Waals surface area contributed by atoms with E-state index in [4.69, 9.17) is 16.3 Å². The third-order valence-electron chi connectivity index (χ3n) is 3.38. The standard InChI is InChI=1S/C15H17ClN4O/c1-2-21-13-5-3-4-12-15(13)18-14(10-16)20(12)9-8-19-7-6-17-11-19/h3-7,11H,2,8-10H2,1H3. The van der Waals surface area contributed by atoms with Gasteiger partial charge >= 0.3 is 0 Å². The minimum Gasteiger partial charge on any atom is -0.492 e. The van der Waals surface area contributed by atoms with E-state index >= 15 is 0 Å². The summed E-state index contributed by atoms with van der Waals surface area (Å²) in [5.74, 6) is 2.05. The Morgan fingerprint density at radius 1 is 1.29 bits per heavy atom. The summed E-state index contributed by atoms with van der Waals surface area (Å²) >= 11 is 6.05. The van der Waals surface area contributed by atoms with Crippen LogP contribution in [0.25, 0.3) is 11.0 Å². The van der Waals surface area contributed by atoms with Crippen LogP contribution in [0.1, 0.15) is 12.7 Å². The zero-order chi connectivity index (χ0) is 14.7. The summed E-state index contributed by atoms with van der Waals surface area (Å²) in [4.78, 5) is 8.69. The van der Waals surface area contributed by atoms with Gasteiger partial charge in [0.1, 0.15) is 17.1 Å². The monoisotopic (exact) mass is 304 g/mol. The van der Waals surface area contributed by atoms with Gasteiger partial charge in [0.2, 0.25) is 0 Å². The number of hydrogen-bond acceptors (Lipinski definition) is 3. The predicted octanol–water partition coefficient (Wildman–Crippen LogP) is 3.07. The highest BCUT2D eigenvalue weighted by atomic mass is 35.5. The average Bonchev–Trinajstić information content (AvgIpc) is 3.13. The molecule has 0 amide bonds. The van der Waals surface area contributed by atoms with Crippen LogP contribution in [0.4, 0.5) is 0 Å². The Morgan fingerprint density at radius 2 is 2.19 bits per heavy atom. The second-order valence-electron chi connectivity index (χ2n) is 4.67. The molecule has 5 nitrogen and oxygen atoms in total. The molecule has 110 valence electrons. The van der Waals surface area contributed by atoms with E-state index in [1.807, 2.05) is 36.1 Å². The van der Waals surface area contributed by atoms with Gasteiger partial charge in [0, 0.05) is 25.5 Å². The molecule has 0 aliphatic heterocycles. The highest BCUT2D eigenvalue weighted by Crippen LogP contribution is 2.26. The molecule has 1 aromatic carbocycles. The van der Waals surface area contributed by atoms with E-state index in [1.54, 1.807) is 6.20 Å². The number of halogens is 1. The summed E-state index contributed by atoms with van der Waals surface area (Å²) in [7, 11) is 0. The Kier molecular flexibility index (Phi) is 4.10. The number of aromatic nitrogens is 4. The molecule has 6 heteroatoms. The number of benzene rings is 1. The highest BCUT2D eigenvalue weighted by Gasteiger charge is 2.13. The van der Waals surface area contributed by atoms with E-state index in [0.717, 1.165) is 35.7 Å². The van der Waals surface area contributed by atoms with Crippen LogP contribution in [0.5, 0.6) is 5.75 Å². The molecule has 0 N–H and O–H groups in total. The largest absolute Gasteiger partial charge is 0.492 e. The minimum absolute atomic E-state index is 0.379. The number of fused-ring (bicyclic) bond motifs is 1. The first kappa shape index (κ1) is 13.9. The van der Waals surface area contributed by atoms with Crippen molar-refractivity contribution in [3.05, 3.63) is 42.7 Å². The number of nitrogens with zero attached hydrogens (tertiary/aromatic N) is 4. The van der Waals surface area contributed by atoms with Crippen molar-refractivity contribution in [1.82, 2.24) is 19.1 Å². The molecule has 0 saturated carbocycles. The highest BCUT2D eigenvalue weighted by molar-refractivity contribution is 6.16. The van der Waals surface area contributed by atoms with Crippen molar-refractivity contribution in [2.45, 2.75) is 25.9 Å². The van der Waals surface area contributed by atoms with Gasteiger partial charge in [-0.25, -0.2) is 9.97 Å². The molecular formula is C15H17ClN4O. The molecule has 0 fully saturated rings. The maximum absolute atomic E-state index is 6.05. The molecule has 0 atom stereocenters. The zero-order valence-electron chi connectivity index (χ0n) is 11.9. The fourth-order valence-corrected chi connectivity index (χ4v) is 2.63. The fourth-order valence-electron chi connectivity index (χ4n) is 2.43. The summed E-state index contributed by atoms with van der Waals surface area (Å²) in [5, 5.41) is 0. The Bertz CT molecular complexity index is 721. The molecule has 0 aliphatic carbocycles. The number of imidazole rings is 2. The Balaban J connectivity index is 1.97. The second-order valence-corrected chi connectivity index (χ2v) is 4.94. The van der Waals surface area contributed by atoms with E-state index in [-0.39, 0.29) is 0 Å². The maximum atomic E-state index is 6.05. The lowest BCUT2D eigenvalue weighted by Gasteiger charge is -2.09. The van der Waals surface area contributed by atoms with Gasteiger partial charge in [0.15, 0.2) is 0 Å². The van der Waals surface area contributed by atoms with Gasteiger partial charge in [-0.15, -0.1) is 11.6 Å². The number of hydrogen-bond donors (Lipinski definition) is 0. The van der Waals surface area contributed by atoms with Crippen molar-refractivity contribution in [3.63, 3.8) is 0 Å². The molecule has 2 heterocycles. The molecule has 3 aromatic rings. The molecule has 0 radical (unpaired) electrons. The van der Waals surface area contributed by atoms with Crippen LogP contribution in [0.3, 0.4) is 0 Å². The van der Waals surface area contributed by atoms with Crippen LogP contribution in [0, 0.1) is 0 Å². The third-order valence-corrected chi connectivity index (χ3v) is 3.62. The van der Waals surface area contributed by atoms with Crippen LogP contribution >= 0.6 is 11.6 Å². The second kappa shape index (κ2) is 6.18. The number of alkyl halides is 1. The van der Waals surface area contributed by atoms with Crippen LogP contribution in [-0.2, 0) is 19.0 Å². The topological polar surface area (TPSA) is 44.9 Å². The maximum Gasteiger partial charge on any atom is 0.147 e. The Morgan fingerprint density at radius 3 is 2.90 bits per heavy atom. The lowest BCUT2D eigenvalue weighted by Crippen LogP contribution is -2.08. The van der Waals surface area contributed by atoms with E-state index in [2.05, 4.69) is 20.6 Å². The first-order valence-corrected chi connectivity index (χ1v) is 7.49. The number of ether oxygens (including phenoxy) is 1. The quantitative estimate of drug-likeness (QED) is 0.657. The summed E-state index contributed by atoms with van der Waals surface area (Å²) < 4.78 is 9.83. The molecule has 0 bridgehead atoms. The van der Waals surface area contributed by atoms with E-state index in [1.165, 1.54) is 0 Å². The SMILES string of the molecule is CCOc1cccc2c1nc(CCl)n2CCn1ccnc1. The molecular weight excluding hydrogens is 288 g/mol. The summed E-state index contributed by atoms with van der Waals surface area (Å²) in [6.45, 7) is 4.22. The van der Waals surface area contributed by atoms with Crippen molar-refractivity contribution >= 4 is 22.6 Å². The van der Waals surface area contributed by atoms with E-state index in [9.17, 15) is 0 Å². The minimum atomic E-state index is 0.379. The summed E-state index contributed by atoms with van der Waals surface area (Å²) in [6.07, 6.45) is 5.54. The van der Waals surface area contributed by atoms with Crippen molar-refractivity contribution in [2.24, 2.45) is 0 Å². The lowest BCUT2D eigenvalue weighted by molar-refractivity contribution is 0.343. The van der Waals surface area contributed by atoms with Crippen molar-refractivity contribution < 1.29 is 4.74 Å². The lowest BCUT2D eigenvalue weighted by atomic mass is 10.3. The van der Waals surface area contributed by atoms with E-state index in [0.29, 0.717) is 12.5 Å². The van der Waals surface area contributed by atoms with Crippen LogP contribution in [-0.4, -0.2) is 25.7 Å². The number of para-hydroxylation sites is 1. The van der Waals surface area contributed by atoms with Crippen LogP contribution < -0.4 is 4.74 Å². The molecule has 0 aliphatic rings.